The summed E-state index contributed by atoms with van der Waals surface area (Å²) in [6.45, 7) is 1.73. The van der Waals surface area contributed by atoms with Gasteiger partial charge in [0.2, 0.25) is 0 Å². The van der Waals surface area contributed by atoms with Gasteiger partial charge in [0.15, 0.2) is 0 Å². The molecule has 0 bridgehead atoms. The van der Waals surface area contributed by atoms with E-state index in [-0.39, 0.29) is 5.82 Å². The van der Waals surface area contributed by atoms with Gasteiger partial charge in [0, 0.05) is 15.7 Å². The first-order valence-electron chi connectivity index (χ1n) is 5.91. The molecule has 2 aromatic rings. The van der Waals surface area contributed by atoms with Crippen molar-refractivity contribution in [3.05, 3.63) is 64.4 Å². The zero-order valence-electron chi connectivity index (χ0n) is 10.4. The highest BCUT2D eigenvalue weighted by molar-refractivity contribution is 7.98. The Hall–Kier alpha value is -1.03. The van der Waals surface area contributed by atoms with Crippen molar-refractivity contribution >= 4 is 23.4 Å². The third-order valence-electron chi connectivity index (χ3n) is 2.77. The number of halogens is 2. The lowest BCUT2D eigenvalue weighted by molar-refractivity contribution is 0.199. The molecule has 0 saturated carbocycles. The Morgan fingerprint density at radius 3 is 2.47 bits per heavy atom. The molecule has 1 nitrogen and oxygen atoms in total. The number of benzene rings is 2. The van der Waals surface area contributed by atoms with E-state index in [1.807, 2.05) is 24.3 Å². The summed E-state index contributed by atoms with van der Waals surface area (Å²) in [5.41, 5.74) is 1.51. The highest BCUT2D eigenvalue weighted by atomic mass is 35.5. The molecule has 1 unspecified atom stereocenters. The average molecular weight is 297 g/mol. The molecule has 100 valence electrons. The van der Waals surface area contributed by atoms with Gasteiger partial charge in [0.25, 0.3) is 0 Å². The molecule has 0 aromatic heterocycles. The van der Waals surface area contributed by atoms with Gasteiger partial charge in [0.05, 0.1) is 6.10 Å². The first kappa shape index (κ1) is 14.4. The van der Waals surface area contributed by atoms with Crippen LogP contribution in [0.25, 0.3) is 0 Å². The maximum atomic E-state index is 13.6. The minimum Gasteiger partial charge on any atom is -0.389 e. The maximum absolute atomic E-state index is 13.6. The van der Waals surface area contributed by atoms with Crippen molar-refractivity contribution in [2.45, 2.75) is 23.7 Å². The van der Waals surface area contributed by atoms with Gasteiger partial charge in [-0.1, -0.05) is 29.8 Å². The van der Waals surface area contributed by atoms with Crippen molar-refractivity contribution in [1.29, 1.82) is 0 Å². The minimum absolute atomic E-state index is 0.277. The second-order valence-corrected chi connectivity index (χ2v) is 5.75. The monoisotopic (exact) mass is 296 g/mol. The van der Waals surface area contributed by atoms with Gasteiger partial charge >= 0.3 is 0 Å². The summed E-state index contributed by atoms with van der Waals surface area (Å²) < 4.78 is 13.6. The Kier molecular flexibility index (Phi) is 4.86. The van der Waals surface area contributed by atoms with E-state index in [0.717, 1.165) is 10.5 Å². The third-order valence-corrected chi connectivity index (χ3v) is 4.07. The van der Waals surface area contributed by atoms with E-state index >= 15 is 0 Å². The largest absolute Gasteiger partial charge is 0.389 e. The molecule has 1 atom stereocenters. The van der Waals surface area contributed by atoms with Crippen LogP contribution in [0.3, 0.4) is 0 Å². The Morgan fingerprint density at radius 2 is 1.89 bits per heavy atom. The normalized spacial score (nSPS) is 12.4. The van der Waals surface area contributed by atoms with E-state index < -0.39 is 6.10 Å². The van der Waals surface area contributed by atoms with Crippen molar-refractivity contribution in [1.82, 2.24) is 0 Å². The summed E-state index contributed by atoms with van der Waals surface area (Å²) in [5, 5.41) is 9.83. The standard InChI is InChI=1S/C15H14ClFOS/c1-10(18)11-3-6-14(7-4-11)19-9-12-2-5-13(16)8-15(12)17/h2-8,10,18H,9H2,1H3. The second kappa shape index (κ2) is 6.42. The zero-order chi connectivity index (χ0) is 13.8. The van der Waals surface area contributed by atoms with Crippen LogP contribution in [-0.4, -0.2) is 5.11 Å². The molecular formula is C15H14ClFOS. The van der Waals surface area contributed by atoms with Crippen LogP contribution < -0.4 is 0 Å². The van der Waals surface area contributed by atoms with E-state index in [2.05, 4.69) is 0 Å². The average Bonchev–Trinajstić information content (AvgIpc) is 2.38. The van der Waals surface area contributed by atoms with E-state index in [4.69, 9.17) is 11.6 Å². The van der Waals surface area contributed by atoms with Crippen LogP contribution in [0.2, 0.25) is 5.02 Å². The van der Waals surface area contributed by atoms with Gasteiger partial charge in [-0.25, -0.2) is 4.39 Å². The molecule has 0 heterocycles. The number of rotatable bonds is 4. The highest BCUT2D eigenvalue weighted by Crippen LogP contribution is 2.26. The van der Waals surface area contributed by atoms with Crippen LogP contribution in [0.15, 0.2) is 47.4 Å². The van der Waals surface area contributed by atoms with E-state index in [9.17, 15) is 9.50 Å². The summed E-state index contributed by atoms with van der Waals surface area (Å²) in [4.78, 5) is 1.04. The van der Waals surface area contributed by atoms with Crippen LogP contribution >= 0.6 is 23.4 Å². The van der Waals surface area contributed by atoms with E-state index in [1.165, 1.54) is 6.07 Å². The number of aliphatic hydroxyl groups excluding tert-OH is 1. The molecule has 2 aromatic carbocycles. The van der Waals surface area contributed by atoms with Crippen LogP contribution in [0, 0.1) is 5.82 Å². The fourth-order valence-corrected chi connectivity index (χ4v) is 2.69. The summed E-state index contributed by atoms with van der Waals surface area (Å²) in [6, 6.07) is 12.3. The van der Waals surface area contributed by atoms with Gasteiger partial charge in [-0.05, 0) is 42.3 Å². The molecule has 4 heteroatoms. The summed E-state index contributed by atoms with van der Waals surface area (Å²) in [7, 11) is 0. The summed E-state index contributed by atoms with van der Waals surface area (Å²) in [6.07, 6.45) is -0.465. The van der Waals surface area contributed by atoms with Gasteiger partial charge in [-0.3, -0.25) is 0 Å². The van der Waals surface area contributed by atoms with Crippen molar-refractivity contribution in [3.8, 4) is 0 Å². The van der Waals surface area contributed by atoms with Gasteiger partial charge in [0.1, 0.15) is 5.82 Å². The van der Waals surface area contributed by atoms with Crippen LogP contribution in [0.1, 0.15) is 24.2 Å². The van der Waals surface area contributed by atoms with Crippen molar-refractivity contribution in [3.63, 3.8) is 0 Å². The van der Waals surface area contributed by atoms with Crippen LogP contribution in [0.5, 0.6) is 0 Å². The van der Waals surface area contributed by atoms with Crippen molar-refractivity contribution in [2.75, 3.05) is 0 Å². The Morgan fingerprint density at radius 1 is 1.21 bits per heavy atom. The highest BCUT2D eigenvalue weighted by Gasteiger charge is 2.05. The molecular weight excluding hydrogens is 283 g/mol. The lowest BCUT2D eigenvalue weighted by Crippen LogP contribution is -1.90. The Labute approximate surface area is 121 Å². The fraction of sp³-hybridized carbons (Fsp3) is 0.200. The molecule has 0 amide bonds. The molecule has 0 aliphatic carbocycles. The van der Waals surface area contributed by atoms with Gasteiger partial charge in [-0.2, -0.15) is 0 Å². The fourth-order valence-electron chi connectivity index (χ4n) is 1.64. The topological polar surface area (TPSA) is 20.2 Å². The number of aliphatic hydroxyl groups is 1. The quantitative estimate of drug-likeness (QED) is 0.816. The van der Waals surface area contributed by atoms with Crippen LogP contribution in [-0.2, 0) is 5.75 Å². The van der Waals surface area contributed by atoms with Crippen molar-refractivity contribution < 1.29 is 9.50 Å². The summed E-state index contributed by atoms with van der Waals surface area (Å²) in [5.74, 6) is 0.275. The lowest BCUT2D eigenvalue weighted by atomic mass is 10.1. The molecule has 0 radical (unpaired) electrons. The zero-order valence-corrected chi connectivity index (χ0v) is 12.0. The van der Waals surface area contributed by atoms with Crippen LogP contribution in [0.4, 0.5) is 4.39 Å². The molecule has 0 aliphatic rings. The van der Waals surface area contributed by atoms with E-state index in [0.29, 0.717) is 16.3 Å². The lowest BCUT2D eigenvalue weighted by Gasteiger charge is -2.07. The predicted molar refractivity (Wildman–Crippen MR) is 78.0 cm³/mol. The minimum atomic E-state index is -0.465. The smallest absolute Gasteiger partial charge is 0.128 e. The molecule has 0 spiro atoms. The molecule has 1 N–H and O–H groups in total. The first-order chi connectivity index (χ1) is 9.06. The number of hydrogen-bond donors (Lipinski definition) is 1. The maximum Gasteiger partial charge on any atom is 0.128 e. The van der Waals surface area contributed by atoms with Gasteiger partial charge < -0.3 is 5.11 Å². The Bertz CT molecular complexity index is 555. The molecule has 19 heavy (non-hydrogen) atoms. The van der Waals surface area contributed by atoms with E-state index in [1.54, 1.807) is 30.8 Å². The molecule has 2 rings (SSSR count). The molecule has 0 aliphatic heterocycles. The second-order valence-electron chi connectivity index (χ2n) is 4.27. The molecule has 0 fully saturated rings. The number of hydrogen-bond acceptors (Lipinski definition) is 2. The Balaban J connectivity index is 2.02. The van der Waals surface area contributed by atoms with Gasteiger partial charge in [-0.15, -0.1) is 11.8 Å². The van der Waals surface area contributed by atoms with Crippen molar-refractivity contribution in [2.24, 2.45) is 0 Å². The SMILES string of the molecule is CC(O)c1ccc(SCc2ccc(Cl)cc2F)cc1. The predicted octanol–water partition coefficient (Wildman–Crippen LogP) is 4.82. The summed E-state index contributed by atoms with van der Waals surface area (Å²) >= 11 is 7.26. The molecule has 0 saturated heterocycles. The first-order valence-corrected chi connectivity index (χ1v) is 7.27. The third kappa shape index (κ3) is 3.96. The number of thioether (sulfide) groups is 1.